The van der Waals surface area contributed by atoms with E-state index in [4.69, 9.17) is 4.74 Å². The minimum absolute atomic E-state index is 0.000105. The first-order chi connectivity index (χ1) is 12.7. The fourth-order valence-corrected chi connectivity index (χ4v) is 4.15. The molecule has 1 saturated heterocycles. The summed E-state index contributed by atoms with van der Waals surface area (Å²) in [6.45, 7) is 1.90. The number of hydrogen-bond acceptors (Lipinski definition) is 3. The van der Waals surface area contributed by atoms with Gasteiger partial charge >= 0.3 is 0 Å². The smallest absolute Gasteiger partial charge is 0.225 e. The molecule has 5 heteroatoms. The summed E-state index contributed by atoms with van der Waals surface area (Å²) in [6, 6.07) is 7.73. The number of amides is 2. The van der Waals surface area contributed by atoms with Gasteiger partial charge in [-0.05, 0) is 31.7 Å². The molecule has 1 heterocycles. The van der Waals surface area contributed by atoms with Crippen LogP contribution in [-0.4, -0.2) is 36.9 Å². The Balaban J connectivity index is 1.45. The van der Waals surface area contributed by atoms with Crippen LogP contribution >= 0.6 is 0 Å². The van der Waals surface area contributed by atoms with Gasteiger partial charge in [0.15, 0.2) is 0 Å². The lowest BCUT2D eigenvalue weighted by molar-refractivity contribution is -0.140. The van der Waals surface area contributed by atoms with Crippen LogP contribution in [0.4, 0.5) is 0 Å². The number of benzene rings is 1. The first kappa shape index (κ1) is 18.7. The Kier molecular flexibility index (Phi) is 6.53. The number of carbonyl (C=O) groups is 2. The molecule has 0 spiro atoms. The number of hydrogen-bond donors (Lipinski definition) is 1. The zero-order valence-corrected chi connectivity index (χ0v) is 15.7. The van der Waals surface area contributed by atoms with Crippen molar-refractivity contribution in [1.29, 1.82) is 0 Å². The van der Waals surface area contributed by atoms with Crippen LogP contribution in [0.3, 0.4) is 0 Å². The Bertz CT molecular complexity index is 617. The second kappa shape index (κ2) is 9.06. The number of piperidine rings is 1. The molecule has 1 aromatic rings. The summed E-state index contributed by atoms with van der Waals surface area (Å²) in [5, 5.41) is 3.03. The second-order valence-corrected chi connectivity index (χ2v) is 7.46. The SMILES string of the molecule is COc1ccccc1CNC(=O)C1CCN(C(=O)C2CCCCC2)CC1. The third-order valence-electron chi connectivity index (χ3n) is 5.78. The molecular weight excluding hydrogens is 328 g/mol. The third kappa shape index (κ3) is 4.57. The molecule has 1 aliphatic heterocycles. The molecule has 0 radical (unpaired) electrons. The molecule has 5 nitrogen and oxygen atoms in total. The number of carbonyl (C=O) groups excluding carboxylic acids is 2. The molecule has 2 amide bonds. The van der Waals surface area contributed by atoms with Crippen molar-refractivity contribution in [2.45, 2.75) is 51.5 Å². The lowest BCUT2D eigenvalue weighted by Crippen LogP contribution is -2.45. The Morgan fingerprint density at radius 3 is 2.42 bits per heavy atom. The Morgan fingerprint density at radius 2 is 1.73 bits per heavy atom. The zero-order chi connectivity index (χ0) is 18.4. The average Bonchev–Trinajstić information content (AvgIpc) is 2.72. The van der Waals surface area contributed by atoms with Gasteiger partial charge in [-0.1, -0.05) is 37.5 Å². The quantitative estimate of drug-likeness (QED) is 0.880. The minimum Gasteiger partial charge on any atom is -0.496 e. The van der Waals surface area contributed by atoms with Gasteiger partial charge in [0.2, 0.25) is 11.8 Å². The predicted molar refractivity (Wildman–Crippen MR) is 101 cm³/mol. The third-order valence-corrected chi connectivity index (χ3v) is 5.78. The first-order valence-corrected chi connectivity index (χ1v) is 9.87. The minimum atomic E-state index is 0.000105. The van der Waals surface area contributed by atoms with Crippen molar-refractivity contribution in [3.63, 3.8) is 0 Å². The number of rotatable bonds is 5. The number of ether oxygens (including phenoxy) is 1. The highest BCUT2D eigenvalue weighted by Gasteiger charge is 2.31. The number of methoxy groups -OCH3 is 1. The van der Waals surface area contributed by atoms with E-state index in [2.05, 4.69) is 5.32 Å². The van der Waals surface area contributed by atoms with Gasteiger partial charge < -0.3 is 15.0 Å². The molecule has 0 bridgehead atoms. The molecule has 0 atom stereocenters. The number of nitrogens with one attached hydrogen (secondary N) is 1. The number of para-hydroxylation sites is 1. The van der Waals surface area contributed by atoms with Gasteiger partial charge in [-0.3, -0.25) is 9.59 Å². The summed E-state index contributed by atoms with van der Waals surface area (Å²) in [4.78, 5) is 27.1. The maximum Gasteiger partial charge on any atom is 0.225 e. The highest BCUT2D eigenvalue weighted by molar-refractivity contribution is 5.81. The van der Waals surface area contributed by atoms with E-state index in [1.165, 1.54) is 19.3 Å². The highest BCUT2D eigenvalue weighted by atomic mass is 16.5. The lowest BCUT2D eigenvalue weighted by atomic mass is 9.87. The van der Waals surface area contributed by atoms with Crippen LogP contribution in [0.15, 0.2) is 24.3 Å². The van der Waals surface area contributed by atoms with Crippen LogP contribution in [0.1, 0.15) is 50.5 Å². The predicted octanol–water partition coefficient (Wildman–Crippen LogP) is 3.13. The molecule has 2 aliphatic rings. The molecule has 1 saturated carbocycles. The fourth-order valence-electron chi connectivity index (χ4n) is 4.15. The molecule has 0 unspecified atom stereocenters. The molecule has 2 fully saturated rings. The van der Waals surface area contributed by atoms with Crippen LogP contribution in [0.5, 0.6) is 5.75 Å². The summed E-state index contributed by atoms with van der Waals surface area (Å²) in [5.74, 6) is 1.42. The highest BCUT2D eigenvalue weighted by Crippen LogP contribution is 2.27. The maximum absolute atomic E-state index is 12.6. The van der Waals surface area contributed by atoms with Gasteiger partial charge in [-0.25, -0.2) is 0 Å². The molecule has 1 aliphatic carbocycles. The lowest BCUT2D eigenvalue weighted by Gasteiger charge is -2.34. The zero-order valence-electron chi connectivity index (χ0n) is 15.7. The van der Waals surface area contributed by atoms with Gasteiger partial charge in [0.25, 0.3) is 0 Å². The summed E-state index contributed by atoms with van der Waals surface area (Å²) in [5.41, 5.74) is 0.980. The van der Waals surface area contributed by atoms with E-state index in [0.29, 0.717) is 25.5 Å². The van der Waals surface area contributed by atoms with E-state index < -0.39 is 0 Å². The molecule has 1 aromatic carbocycles. The number of nitrogens with zero attached hydrogens (tertiary/aromatic N) is 1. The van der Waals surface area contributed by atoms with Crippen LogP contribution in [-0.2, 0) is 16.1 Å². The van der Waals surface area contributed by atoms with Gasteiger partial charge in [0, 0.05) is 37.0 Å². The van der Waals surface area contributed by atoms with Crippen molar-refractivity contribution < 1.29 is 14.3 Å². The Labute approximate surface area is 156 Å². The van der Waals surface area contributed by atoms with Crippen molar-refractivity contribution in [2.75, 3.05) is 20.2 Å². The second-order valence-electron chi connectivity index (χ2n) is 7.46. The molecule has 142 valence electrons. The average molecular weight is 358 g/mol. The van der Waals surface area contributed by atoms with Crippen molar-refractivity contribution in [1.82, 2.24) is 10.2 Å². The molecule has 1 N–H and O–H groups in total. The van der Waals surface area contributed by atoms with E-state index in [1.807, 2.05) is 29.2 Å². The van der Waals surface area contributed by atoms with E-state index >= 15 is 0 Å². The summed E-state index contributed by atoms with van der Waals surface area (Å²) in [6.07, 6.45) is 7.22. The molecule has 3 rings (SSSR count). The fraction of sp³-hybridized carbons (Fsp3) is 0.619. The van der Waals surface area contributed by atoms with E-state index in [-0.39, 0.29) is 17.7 Å². The van der Waals surface area contributed by atoms with Gasteiger partial charge in [0.05, 0.1) is 7.11 Å². The van der Waals surface area contributed by atoms with E-state index in [0.717, 1.165) is 37.0 Å². The topological polar surface area (TPSA) is 58.6 Å². The summed E-state index contributed by atoms with van der Waals surface area (Å²) >= 11 is 0. The Hall–Kier alpha value is -2.04. The normalized spacial score (nSPS) is 19.2. The first-order valence-electron chi connectivity index (χ1n) is 9.87. The van der Waals surface area contributed by atoms with Crippen molar-refractivity contribution in [3.05, 3.63) is 29.8 Å². The molecule has 26 heavy (non-hydrogen) atoms. The van der Waals surface area contributed by atoms with Crippen LogP contribution < -0.4 is 10.1 Å². The van der Waals surface area contributed by atoms with Gasteiger partial charge in [-0.2, -0.15) is 0 Å². The van der Waals surface area contributed by atoms with Crippen LogP contribution in [0, 0.1) is 11.8 Å². The monoisotopic (exact) mass is 358 g/mol. The molecule has 0 aromatic heterocycles. The summed E-state index contributed by atoms with van der Waals surface area (Å²) < 4.78 is 5.33. The number of likely N-dealkylation sites (tertiary alicyclic amines) is 1. The van der Waals surface area contributed by atoms with E-state index in [1.54, 1.807) is 7.11 Å². The van der Waals surface area contributed by atoms with Gasteiger partial charge in [-0.15, -0.1) is 0 Å². The van der Waals surface area contributed by atoms with Crippen molar-refractivity contribution >= 4 is 11.8 Å². The molecular formula is C21H30N2O3. The maximum atomic E-state index is 12.6. The van der Waals surface area contributed by atoms with Crippen LogP contribution in [0.2, 0.25) is 0 Å². The van der Waals surface area contributed by atoms with Gasteiger partial charge in [0.1, 0.15) is 5.75 Å². The Morgan fingerprint density at radius 1 is 1.04 bits per heavy atom. The standard InChI is InChI=1S/C21H30N2O3/c1-26-19-10-6-5-9-18(19)15-22-20(24)16-11-13-23(14-12-16)21(25)17-7-3-2-4-8-17/h5-6,9-10,16-17H,2-4,7-8,11-15H2,1H3,(H,22,24). The van der Waals surface area contributed by atoms with Crippen LogP contribution in [0.25, 0.3) is 0 Å². The van der Waals surface area contributed by atoms with E-state index in [9.17, 15) is 9.59 Å². The van der Waals surface area contributed by atoms with Crippen molar-refractivity contribution in [3.8, 4) is 5.75 Å². The largest absolute Gasteiger partial charge is 0.496 e. The van der Waals surface area contributed by atoms with Crippen molar-refractivity contribution in [2.24, 2.45) is 11.8 Å². The summed E-state index contributed by atoms with van der Waals surface area (Å²) in [7, 11) is 1.64.